The lowest BCUT2D eigenvalue weighted by atomic mass is 10.0. The SMILES string of the molecule is CN(C)CCCNC(C)(C)CCCl. The van der Waals surface area contributed by atoms with Crippen molar-refractivity contribution in [2.45, 2.75) is 32.2 Å². The van der Waals surface area contributed by atoms with Crippen LogP contribution < -0.4 is 5.32 Å². The van der Waals surface area contributed by atoms with Crippen molar-refractivity contribution in [2.24, 2.45) is 0 Å². The molecule has 13 heavy (non-hydrogen) atoms. The van der Waals surface area contributed by atoms with E-state index < -0.39 is 0 Å². The van der Waals surface area contributed by atoms with Gasteiger partial charge in [0, 0.05) is 11.4 Å². The van der Waals surface area contributed by atoms with Gasteiger partial charge in [0.15, 0.2) is 0 Å². The molecule has 0 radical (unpaired) electrons. The fourth-order valence-electron chi connectivity index (χ4n) is 1.15. The van der Waals surface area contributed by atoms with Crippen LogP contribution in [-0.2, 0) is 0 Å². The van der Waals surface area contributed by atoms with Gasteiger partial charge in [0.1, 0.15) is 0 Å². The number of rotatable bonds is 7. The highest BCUT2D eigenvalue weighted by atomic mass is 35.5. The topological polar surface area (TPSA) is 15.3 Å². The lowest BCUT2D eigenvalue weighted by Crippen LogP contribution is -2.40. The van der Waals surface area contributed by atoms with E-state index in [1.54, 1.807) is 0 Å². The van der Waals surface area contributed by atoms with E-state index in [4.69, 9.17) is 11.6 Å². The molecule has 0 heterocycles. The van der Waals surface area contributed by atoms with Gasteiger partial charge in [-0.1, -0.05) is 0 Å². The van der Waals surface area contributed by atoms with E-state index in [-0.39, 0.29) is 5.54 Å². The Morgan fingerprint density at radius 2 is 1.92 bits per heavy atom. The Kier molecular flexibility index (Phi) is 6.74. The van der Waals surface area contributed by atoms with Crippen LogP contribution >= 0.6 is 11.6 Å². The molecular formula is C10H23ClN2. The van der Waals surface area contributed by atoms with Crippen LogP contribution in [0, 0.1) is 0 Å². The highest BCUT2D eigenvalue weighted by molar-refractivity contribution is 6.17. The molecule has 0 saturated heterocycles. The van der Waals surface area contributed by atoms with Crippen LogP contribution in [0.2, 0.25) is 0 Å². The van der Waals surface area contributed by atoms with Gasteiger partial charge in [0.2, 0.25) is 0 Å². The van der Waals surface area contributed by atoms with Gasteiger partial charge in [-0.25, -0.2) is 0 Å². The van der Waals surface area contributed by atoms with Gasteiger partial charge in [-0.3, -0.25) is 0 Å². The lowest BCUT2D eigenvalue weighted by Gasteiger charge is -2.25. The van der Waals surface area contributed by atoms with Crippen LogP contribution in [0.1, 0.15) is 26.7 Å². The summed E-state index contributed by atoms with van der Waals surface area (Å²) in [6.45, 7) is 6.61. The molecule has 0 aliphatic rings. The van der Waals surface area contributed by atoms with Crippen molar-refractivity contribution in [3.63, 3.8) is 0 Å². The Morgan fingerprint density at radius 1 is 1.31 bits per heavy atom. The maximum Gasteiger partial charge on any atom is 0.0240 e. The largest absolute Gasteiger partial charge is 0.312 e. The quantitative estimate of drug-likeness (QED) is 0.506. The minimum Gasteiger partial charge on any atom is -0.312 e. The third-order valence-electron chi connectivity index (χ3n) is 2.11. The average molecular weight is 207 g/mol. The number of hydrogen-bond acceptors (Lipinski definition) is 2. The van der Waals surface area contributed by atoms with E-state index in [1.807, 2.05) is 0 Å². The summed E-state index contributed by atoms with van der Waals surface area (Å²) in [6, 6.07) is 0. The highest BCUT2D eigenvalue weighted by Crippen LogP contribution is 2.08. The first-order chi connectivity index (χ1) is 5.98. The first-order valence-corrected chi connectivity index (χ1v) is 5.47. The zero-order valence-corrected chi connectivity index (χ0v) is 10.1. The van der Waals surface area contributed by atoms with Gasteiger partial charge in [0.05, 0.1) is 0 Å². The van der Waals surface area contributed by atoms with Crippen molar-refractivity contribution >= 4 is 11.6 Å². The Bertz CT molecular complexity index is 124. The molecule has 0 aliphatic heterocycles. The second-order valence-electron chi connectivity index (χ2n) is 4.41. The van der Waals surface area contributed by atoms with Crippen molar-refractivity contribution in [1.29, 1.82) is 0 Å². The maximum atomic E-state index is 5.70. The first kappa shape index (κ1) is 13.2. The molecule has 1 N–H and O–H groups in total. The molecule has 0 aromatic heterocycles. The van der Waals surface area contributed by atoms with E-state index in [9.17, 15) is 0 Å². The summed E-state index contributed by atoms with van der Waals surface area (Å²) in [5.41, 5.74) is 0.189. The molecule has 0 fully saturated rings. The first-order valence-electron chi connectivity index (χ1n) is 4.94. The zero-order chi connectivity index (χ0) is 10.3. The predicted octanol–water partition coefficient (Wildman–Crippen LogP) is 1.94. The van der Waals surface area contributed by atoms with Crippen molar-refractivity contribution < 1.29 is 0 Å². The molecule has 3 heteroatoms. The number of hydrogen-bond donors (Lipinski definition) is 1. The van der Waals surface area contributed by atoms with Crippen molar-refractivity contribution in [3.8, 4) is 0 Å². The van der Waals surface area contributed by atoms with Gasteiger partial charge >= 0.3 is 0 Å². The van der Waals surface area contributed by atoms with Crippen LogP contribution in [0.4, 0.5) is 0 Å². The zero-order valence-electron chi connectivity index (χ0n) is 9.36. The second kappa shape index (κ2) is 6.63. The molecule has 0 unspecified atom stereocenters. The average Bonchev–Trinajstić information content (AvgIpc) is 1.98. The van der Waals surface area contributed by atoms with E-state index in [0.29, 0.717) is 0 Å². The molecule has 0 atom stereocenters. The summed E-state index contributed by atoms with van der Waals surface area (Å²) in [5, 5.41) is 3.50. The summed E-state index contributed by atoms with van der Waals surface area (Å²) in [4.78, 5) is 2.20. The van der Waals surface area contributed by atoms with Gasteiger partial charge in [-0.05, 0) is 53.9 Å². The molecule has 0 rings (SSSR count). The number of nitrogens with one attached hydrogen (secondary N) is 1. The Labute approximate surface area is 87.6 Å². The summed E-state index contributed by atoms with van der Waals surface area (Å²) in [6.07, 6.45) is 2.22. The van der Waals surface area contributed by atoms with Crippen molar-refractivity contribution in [3.05, 3.63) is 0 Å². The monoisotopic (exact) mass is 206 g/mol. The Balaban J connectivity index is 3.40. The molecule has 0 aliphatic carbocycles. The summed E-state index contributed by atoms with van der Waals surface area (Å²) in [5.74, 6) is 0.730. The predicted molar refractivity (Wildman–Crippen MR) is 60.6 cm³/mol. The van der Waals surface area contributed by atoms with Crippen molar-refractivity contribution in [1.82, 2.24) is 10.2 Å². The fourth-order valence-corrected chi connectivity index (χ4v) is 1.62. The maximum absolute atomic E-state index is 5.70. The third-order valence-corrected chi connectivity index (χ3v) is 2.29. The van der Waals surface area contributed by atoms with E-state index in [0.717, 1.165) is 25.4 Å². The Hall–Kier alpha value is 0.210. The van der Waals surface area contributed by atoms with Gasteiger partial charge in [-0.15, -0.1) is 11.6 Å². The minimum atomic E-state index is 0.189. The van der Waals surface area contributed by atoms with Gasteiger partial charge in [-0.2, -0.15) is 0 Å². The number of halogens is 1. The summed E-state index contributed by atoms with van der Waals surface area (Å²) >= 11 is 5.70. The van der Waals surface area contributed by atoms with E-state index in [1.165, 1.54) is 6.42 Å². The minimum absolute atomic E-state index is 0.189. The molecule has 0 bridgehead atoms. The molecule has 0 amide bonds. The highest BCUT2D eigenvalue weighted by Gasteiger charge is 2.14. The van der Waals surface area contributed by atoms with Crippen LogP contribution in [0.15, 0.2) is 0 Å². The second-order valence-corrected chi connectivity index (χ2v) is 4.78. The third kappa shape index (κ3) is 8.54. The molecule has 0 aromatic rings. The van der Waals surface area contributed by atoms with Crippen LogP contribution in [0.5, 0.6) is 0 Å². The van der Waals surface area contributed by atoms with Crippen molar-refractivity contribution in [2.75, 3.05) is 33.1 Å². The molecule has 0 aromatic carbocycles. The number of nitrogens with zero attached hydrogens (tertiary/aromatic N) is 1. The molecular weight excluding hydrogens is 184 g/mol. The van der Waals surface area contributed by atoms with Crippen LogP contribution in [0.25, 0.3) is 0 Å². The number of alkyl halides is 1. The van der Waals surface area contributed by atoms with Crippen LogP contribution in [-0.4, -0.2) is 43.5 Å². The smallest absolute Gasteiger partial charge is 0.0240 e. The molecule has 80 valence electrons. The Morgan fingerprint density at radius 3 is 2.38 bits per heavy atom. The van der Waals surface area contributed by atoms with Gasteiger partial charge < -0.3 is 10.2 Å². The standard InChI is InChI=1S/C10H23ClN2/c1-10(2,6-7-11)12-8-5-9-13(3)4/h12H,5-9H2,1-4H3. The fraction of sp³-hybridized carbons (Fsp3) is 1.00. The molecule has 2 nitrogen and oxygen atoms in total. The van der Waals surface area contributed by atoms with E-state index in [2.05, 4.69) is 38.2 Å². The summed E-state index contributed by atoms with van der Waals surface area (Å²) < 4.78 is 0. The molecule has 0 spiro atoms. The normalized spacial score (nSPS) is 12.5. The molecule has 0 saturated carbocycles. The summed E-state index contributed by atoms with van der Waals surface area (Å²) in [7, 11) is 4.20. The van der Waals surface area contributed by atoms with Gasteiger partial charge in [0.25, 0.3) is 0 Å². The van der Waals surface area contributed by atoms with E-state index >= 15 is 0 Å². The van der Waals surface area contributed by atoms with Crippen LogP contribution in [0.3, 0.4) is 0 Å². The lowest BCUT2D eigenvalue weighted by molar-refractivity contribution is 0.346.